The lowest BCUT2D eigenvalue weighted by Crippen LogP contribution is -2.28. The summed E-state index contributed by atoms with van der Waals surface area (Å²) in [7, 11) is 0. The molecule has 0 unspecified atom stereocenters. The second kappa shape index (κ2) is 8.64. The van der Waals surface area contributed by atoms with Gasteiger partial charge in [0, 0.05) is 11.6 Å². The van der Waals surface area contributed by atoms with Crippen LogP contribution in [0.3, 0.4) is 0 Å². The quantitative estimate of drug-likeness (QED) is 0.485. The van der Waals surface area contributed by atoms with Crippen LogP contribution in [0.1, 0.15) is 23.7 Å². The van der Waals surface area contributed by atoms with Gasteiger partial charge in [0.1, 0.15) is 0 Å². The van der Waals surface area contributed by atoms with Crippen LogP contribution in [0.4, 0.5) is 5.69 Å². The fraction of sp³-hybridized carbons (Fsp3) is 0.286. The molecule has 0 spiro atoms. The van der Waals surface area contributed by atoms with Gasteiger partial charge in [-0.25, -0.2) is 4.79 Å². The minimum absolute atomic E-state index is 0.0639. The Labute approximate surface area is 132 Å². The van der Waals surface area contributed by atoms with Crippen molar-refractivity contribution in [1.82, 2.24) is 5.32 Å². The standard InChI is InChI=1S/C14H14ClN3O4/c1-2-22-14(21)13(20)18-11-5-4-9(15)8-10(11)12(19)17-7-3-6-16/h4-5,8H,2-3,7H2,1H3,(H,17,19)(H,18,20). The first-order valence-corrected chi connectivity index (χ1v) is 6.80. The van der Waals surface area contributed by atoms with Crippen LogP contribution in [0.25, 0.3) is 0 Å². The van der Waals surface area contributed by atoms with Gasteiger partial charge in [0.25, 0.3) is 5.91 Å². The van der Waals surface area contributed by atoms with E-state index in [0.29, 0.717) is 5.02 Å². The van der Waals surface area contributed by atoms with Gasteiger partial charge in [-0.05, 0) is 25.1 Å². The third-order valence-corrected chi connectivity index (χ3v) is 2.69. The second-order valence-electron chi connectivity index (χ2n) is 4.03. The molecule has 0 aliphatic rings. The van der Waals surface area contributed by atoms with Crippen molar-refractivity contribution in [2.75, 3.05) is 18.5 Å². The van der Waals surface area contributed by atoms with Crippen molar-refractivity contribution in [3.05, 3.63) is 28.8 Å². The summed E-state index contributed by atoms with van der Waals surface area (Å²) in [6.45, 7) is 1.79. The van der Waals surface area contributed by atoms with Gasteiger partial charge in [0.2, 0.25) is 0 Å². The van der Waals surface area contributed by atoms with Crippen molar-refractivity contribution in [2.24, 2.45) is 0 Å². The molecule has 22 heavy (non-hydrogen) atoms. The first-order chi connectivity index (χ1) is 10.5. The maximum atomic E-state index is 12.0. The van der Waals surface area contributed by atoms with Crippen molar-refractivity contribution < 1.29 is 19.1 Å². The largest absolute Gasteiger partial charge is 0.459 e. The molecule has 7 nitrogen and oxygen atoms in total. The summed E-state index contributed by atoms with van der Waals surface area (Å²) in [6.07, 6.45) is 0.150. The van der Waals surface area contributed by atoms with Gasteiger partial charge in [-0.3, -0.25) is 9.59 Å². The lowest BCUT2D eigenvalue weighted by atomic mass is 10.1. The number of nitrogens with one attached hydrogen (secondary N) is 2. The van der Waals surface area contributed by atoms with Crippen LogP contribution in [-0.4, -0.2) is 30.9 Å². The molecule has 116 valence electrons. The van der Waals surface area contributed by atoms with Crippen LogP contribution in [-0.2, 0) is 14.3 Å². The van der Waals surface area contributed by atoms with E-state index in [4.69, 9.17) is 16.9 Å². The highest BCUT2D eigenvalue weighted by atomic mass is 35.5. The van der Waals surface area contributed by atoms with Gasteiger partial charge >= 0.3 is 11.9 Å². The molecule has 0 saturated carbocycles. The number of benzene rings is 1. The van der Waals surface area contributed by atoms with Crippen molar-refractivity contribution in [2.45, 2.75) is 13.3 Å². The second-order valence-corrected chi connectivity index (χ2v) is 4.46. The Bertz CT molecular complexity index is 625. The Morgan fingerprint density at radius 2 is 2.09 bits per heavy atom. The first kappa shape index (κ1) is 17.5. The predicted octanol–water partition coefficient (Wildman–Crippen LogP) is 1.49. The molecule has 0 atom stereocenters. The summed E-state index contributed by atoms with van der Waals surface area (Å²) in [4.78, 5) is 35.0. The molecule has 1 aromatic carbocycles. The minimum Gasteiger partial charge on any atom is -0.459 e. The van der Waals surface area contributed by atoms with Gasteiger partial charge in [-0.15, -0.1) is 0 Å². The molecule has 0 bridgehead atoms. The van der Waals surface area contributed by atoms with E-state index < -0.39 is 17.8 Å². The zero-order chi connectivity index (χ0) is 16.5. The Balaban J connectivity index is 2.91. The molecule has 0 aliphatic heterocycles. The summed E-state index contributed by atoms with van der Waals surface area (Å²) in [5.41, 5.74) is 0.208. The van der Waals surface area contributed by atoms with Crippen molar-refractivity contribution in [1.29, 1.82) is 5.26 Å². The van der Waals surface area contributed by atoms with Crippen molar-refractivity contribution >= 4 is 35.1 Å². The Morgan fingerprint density at radius 1 is 1.36 bits per heavy atom. The average Bonchev–Trinajstić information content (AvgIpc) is 2.49. The highest BCUT2D eigenvalue weighted by Crippen LogP contribution is 2.20. The molecule has 0 aliphatic carbocycles. The van der Waals surface area contributed by atoms with Gasteiger partial charge < -0.3 is 15.4 Å². The smallest absolute Gasteiger partial charge is 0.397 e. The number of nitrogens with zero attached hydrogens (tertiary/aromatic N) is 1. The maximum absolute atomic E-state index is 12.0. The van der Waals surface area contributed by atoms with E-state index in [9.17, 15) is 14.4 Å². The highest BCUT2D eigenvalue weighted by molar-refractivity contribution is 6.38. The maximum Gasteiger partial charge on any atom is 0.397 e. The molecule has 0 radical (unpaired) electrons. The number of hydrogen-bond acceptors (Lipinski definition) is 5. The predicted molar refractivity (Wildman–Crippen MR) is 79.3 cm³/mol. The van der Waals surface area contributed by atoms with Crippen LogP contribution < -0.4 is 10.6 Å². The van der Waals surface area contributed by atoms with Crippen molar-refractivity contribution in [3.8, 4) is 6.07 Å². The molecule has 0 fully saturated rings. The molecular formula is C14H14ClN3O4. The summed E-state index contributed by atoms with van der Waals surface area (Å²) in [6, 6.07) is 6.11. The number of halogens is 1. The van der Waals surface area contributed by atoms with Gasteiger partial charge in [-0.2, -0.15) is 5.26 Å². The monoisotopic (exact) mass is 323 g/mol. The number of carbonyl (C=O) groups is 3. The molecule has 1 aromatic rings. The van der Waals surface area contributed by atoms with Gasteiger partial charge in [0.15, 0.2) is 0 Å². The summed E-state index contributed by atoms with van der Waals surface area (Å²) in [5, 5.41) is 13.5. The summed E-state index contributed by atoms with van der Waals surface area (Å²) >= 11 is 5.83. The third kappa shape index (κ3) is 5.07. The molecule has 2 amide bonds. The number of rotatable bonds is 5. The van der Waals surface area contributed by atoms with E-state index in [1.807, 2.05) is 6.07 Å². The van der Waals surface area contributed by atoms with E-state index >= 15 is 0 Å². The van der Waals surface area contributed by atoms with E-state index in [0.717, 1.165) is 0 Å². The molecule has 2 N–H and O–H groups in total. The van der Waals surface area contributed by atoms with E-state index in [1.165, 1.54) is 18.2 Å². The van der Waals surface area contributed by atoms with E-state index in [2.05, 4.69) is 15.4 Å². The summed E-state index contributed by atoms with van der Waals surface area (Å²) < 4.78 is 4.57. The number of carbonyl (C=O) groups excluding carboxylic acids is 3. The number of hydrogen-bond donors (Lipinski definition) is 2. The number of ether oxygens (including phenoxy) is 1. The topological polar surface area (TPSA) is 108 Å². The Morgan fingerprint density at radius 3 is 2.73 bits per heavy atom. The third-order valence-electron chi connectivity index (χ3n) is 2.46. The Hall–Kier alpha value is -2.59. The lowest BCUT2D eigenvalue weighted by molar-refractivity contribution is -0.152. The Kier molecular flexibility index (Phi) is 6.86. The number of amides is 2. The van der Waals surface area contributed by atoms with Gasteiger partial charge in [0.05, 0.1) is 30.3 Å². The first-order valence-electron chi connectivity index (χ1n) is 6.42. The lowest BCUT2D eigenvalue weighted by Gasteiger charge is -2.11. The zero-order valence-corrected chi connectivity index (χ0v) is 12.6. The molecule has 8 heteroatoms. The average molecular weight is 324 g/mol. The van der Waals surface area contributed by atoms with Crippen LogP contribution in [0.15, 0.2) is 18.2 Å². The fourth-order valence-corrected chi connectivity index (χ4v) is 1.68. The van der Waals surface area contributed by atoms with Crippen LogP contribution >= 0.6 is 11.6 Å². The minimum atomic E-state index is -1.05. The molecule has 1 rings (SSSR count). The highest BCUT2D eigenvalue weighted by Gasteiger charge is 2.19. The van der Waals surface area contributed by atoms with Gasteiger partial charge in [-0.1, -0.05) is 11.6 Å². The van der Waals surface area contributed by atoms with Crippen LogP contribution in [0, 0.1) is 11.3 Å². The van der Waals surface area contributed by atoms with Crippen molar-refractivity contribution in [3.63, 3.8) is 0 Å². The molecular weight excluding hydrogens is 310 g/mol. The number of esters is 1. The molecule has 0 saturated heterocycles. The van der Waals surface area contributed by atoms with Crippen LogP contribution in [0.2, 0.25) is 5.02 Å². The molecule has 0 heterocycles. The zero-order valence-electron chi connectivity index (χ0n) is 11.8. The SMILES string of the molecule is CCOC(=O)C(=O)Nc1ccc(Cl)cc1C(=O)NCCC#N. The fourth-order valence-electron chi connectivity index (χ4n) is 1.51. The normalized spacial score (nSPS) is 9.50. The number of anilines is 1. The van der Waals surface area contributed by atoms with Crippen LogP contribution in [0.5, 0.6) is 0 Å². The number of nitriles is 1. The molecule has 0 aromatic heterocycles. The van der Waals surface area contributed by atoms with E-state index in [1.54, 1.807) is 6.92 Å². The summed E-state index contributed by atoms with van der Waals surface area (Å²) in [5.74, 6) is -2.56. The van der Waals surface area contributed by atoms with E-state index in [-0.39, 0.29) is 30.8 Å².